The van der Waals surface area contributed by atoms with Crippen molar-refractivity contribution in [2.24, 2.45) is 0 Å². The van der Waals surface area contributed by atoms with Crippen molar-refractivity contribution in [2.75, 3.05) is 11.9 Å². The van der Waals surface area contributed by atoms with Crippen LogP contribution in [0.5, 0.6) is 0 Å². The lowest BCUT2D eigenvalue weighted by Gasteiger charge is -2.20. The first-order valence-corrected chi connectivity index (χ1v) is 6.12. The highest BCUT2D eigenvalue weighted by Gasteiger charge is 2.14. The summed E-state index contributed by atoms with van der Waals surface area (Å²) in [5, 5.41) is 9.17. The number of carbonyl (C=O) groups is 1. The van der Waals surface area contributed by atoms with Crippen LogP contribution in [0.25, 0.3) is 0 Å². The van der Waals surface area contributed by atoms with Crippen LogP contribution in [0.15, 0.2) is 45.7 Å². The second-order valence-electron chi connectivity index (χ2n) is 3.95. The molecule has 0 atom stereocenters. The molecular formula is C13H12BrNO3. The third kappa shape index (κ3) is 2.73. The molecule has 0 unspecified atom stereocenters. The fourth-order valence-electron chi connectivity index (χ4n) is 1.74. The minimum absolute atomic E-state index is 0.282. The third-order valence-corrected chi connectivity index (χ3v) is 3.09. The normalized spacial score (nSPS) is 10.3. The van der Waals surface area contributed by atoms with Crippen molar-refractivity contribution < 1.29 is 14.3 Å². The fraction of sp³-hybridized carbons (Fsp3) is 0.154. The van der Waals surface area contributed by atoms with Crippen molar-refractivity contribution in [3.8, 4) is 0 Å². The van der Waals surface area contributed by atoms with Crippen LogP contribution in [0.4, 0.5) is 5.69 Å². The Bertz CT molecular complexity index is 551. The number of halogens is 1. The van der Waals surface area contributed by atoms with E-state index in [1.165, 1.54) is 0 Å². The van der Waals surface area contributed by atoms with Gasteiger partial charge in [-0.2, -0.15) is 0 Å². The first-order chi connectivity index (χ1) is 8.58. The zero-order valence-corrected chi connectivity index (χ0v) is 11.3. The summed E-state index contributed by atoms with van der Waals surface area (Å²) in [6, 6.07) is 6.96. The molecule has 94 valence electrons. The maximum absolute atomic E-state index is 11.2. The largest absolute Gasteiger partial charge is 0.478 e. The molecule has 2 rings (SSSR count). The van der Waals surface area contributed by atoms with Gasteiger partial charge in [-0.25, -0.2) is 4.79 Å². The highest BCUT2D eigenvalue weighted by molar-refractivity contribution is 9.10. The number of hydrogen-bond acceptors (Lipinski definition) is 3. The summed E-state index contributed by atoms with van der Waals surface area (Å²) < 4.78 is 5.85. The quantitative estimate of drug-likeness (QED) is 0.940. The number of benzene rings is 1. The van der Waals surface area contributed by atoms with Gasteiger partial charge in [0.1, 0.15) is 0 Å². The standard InChI is InChI=1S/C13H12BrNO3/c1-15(7-9-4-5-18-8-9)12-6-10(14)2-3-11(12)13(16)17/h2-6,8H,7H2,1H3,(H,16,17). The van der Waals surface area contributed by atoms with Gasteiger partial charge in [0.2, 0.25) is 0 Å². The van der Waals surface area contributed by atoms with E-state index in [1.807, 2.05) is 18.0 Å². The maximum atomic E-state index is 11.2. The van der Waals surface area contributed by atoms with E-state index in [2.05, 4.69) is 15.9 Å². The van der Waals surface area contributed by atoms with E-state index in [9.17, 15) is 9.90 Å². The molecule has 0 amide bonds. The maximum Gasteiger partial charge on any atom is 0.337 e. The first-order valence-electron chi connectivity index (χ1n) is 5.33. The summed E-state index contributed by atoms with van der Waals surface area (Å²) >= 11 is 3.35. The molecule has 0 saturated carbocycles. The van der Waals surface area contributed by atoms with E-state index in [0.29, 0.717) is 12.2 Å². The van der Waals surface area contributed by atoms with E-state index in [-0.39, 0.29) is 5.56 Å². The molecule has 1 N–H and O–H groups in total. The molecule has 5 heteroatoms. The molecule has 2 aromatic rings. The summed E-state index contributed by atoms with van der Waals surface area (Å²) in [6.07, 6.45) is 3.25. The summed E-state index contributed by atoms with van der Waals surface area (Å²) in [7, 11) is 1.85. The Kier molecular flexibility index (Phi) is 3.72. The Morgan fingerprint density at radius 3 is 2.83 bits per heavy atom. The number of anilines is 1. The molecule has 4 nitrogen and oxygen atoms in total. The van der Waals surface area contributed by atoms with Crippen LogP contribution in [-0.4, -0.2) is 18.1 Å². The second-order valence-corrected chi connectivity index (χ2v) is 4.87. The van der Waals surface area contributed by atoms with Gasteiger partial charge in [-0.15, -0.1) is 0 Å². The number of furan rings is 1. The monoisotopic (exact) mass is 309 g/mol. The molecule has 0 aliphatic heterocycles. The van der Waals surface area contributed by atoms with Gasteiger partial charge in [0.25, 0.3) is 0 Å². The summed E-state index contributed by atoms with van der Waals surface area (Å²) in [5.74, 6) is -0.934. The number of carboxylic acids is 1. The average Bonchev–Trinajstić information content (AvgIpc) is 2.81. The molecule has 18 heavy (non-hydrogen) atoms. The summed E-state index contributed by atoms with van der Waals surface area (Å²) in [4.78, 5) is 13.1. The molecule has 1 aromatic heterocycles. The Morgan fingerprint density at radius 1 is 1.44 bits per heavy atom. The topological polar surface area (TPSA) is 53.7 Å². The molecule has 0 aliphatic carbocycles. The van der Waals surface area contributed by atoms with E-state index in [0.717, 1.165) is 10.0 Å². The minimum atomic E-state index is -0.934. The highest BCUT2D eigenvalue weighted by Crippen LogP contribution is 2.25. The Labute approximate surface area is 113 Å². The zero-order chi connectivity index (χ0) is 13.1. The molecule has 0 aliphatic rings. The van der Waals surface area contributed by atoms with Crippen LogP contribution in [-0.2, 0) is 6.54 Å². The molecular weight excluding hydrogens is 298 g/mol. The van der Waals surface area contributed by atoms with Crippen LogP contribution in [0.3, 0.4) is 0 Å². The van der Waals surface area contributed by atoms with Crippen molar-refractivity contribution in [3.05, 3.63) is 52.4 Å². The molecule has 1 aromatic carbocycles. The van der Waals surface area contributed by atoms with Gasteiger partial charge in [-0.1, -0.05) is 15.9 Å². The van der Waals surface area contributed by atoms with Crippen molar-refractivity contribution >= 4 is 27.6 Å². The van der Waals surface area contributed by atoms with Gasteiger partial charge in [-0.3, -0.25) is 0 Å². The lowest BCUT2D eigenvalue weighted by Crippen LogP contribution is -2.19. The van der Waals surface area contributed by atoms with Gasteiger partial charge >= 0.3 is 5.97 Å². The number of carboxylic acid groups (broad SMARTS) is 1. The van der Waals surface area contributed by atoms with Crippen LogP contribution in [0, 0.1) is 0 Å². The molecule has 0 spiro atoms. The fourth-order valence-corrected chi connectivity index (χ4v) is 2.09. The lowest BCUT2D eigenvalue weighted by molar-refractivity contribution is 0.0697. The first kappa shape index (κ1) is 12.7. The number of aromatic carboxylic acids is 1. The molecule has 0 fully saturated rings. The molecule has 0 radical (unpaired) electrons. The van der Waals surface area contributed by atoms with Gasteiger partial charge in [0, 0.05) is 23.6 Å². The third-order valence-electron chi connectivity index (χ3n) is 2.60. The summed E-state index contributed by atoms with van der Waals surface area (Å²) in [6.45, 7) is 0.591. The molecule has 0 bridgehead atoms. The van der Waals surface area contributed by atoms with E-state index < -0.39 is 5.97 Å². The van der Waals surface area contributed by atoms with Crippen LogP contribution in [0.2, 0.25) is 0 Å². The van der Waals surface area contributed by atoms with E-state index in [1.54, 1.807) is 30.7 Å². The van der Waals surface area contributed by atoms with Crippen molar-refractivity contribution in [3.63, 3.8) is 0 Å². The van der Waals surface area contributed by atoms with Crippen molar-refractivity contribution in [1.29, 1.82) is 0 Å². The van der Waals surface area contributed by atoms with Gasteiger partial charge in [-0.05, 0) is 24.3 Å². The lowest BCUT2D eigenvalue weighted by atomic mass is 10.1. The number of rotatable bonds is 4. The van der Waals surface area contributed by atoms with Crippen LogP contribution < -0.4 is 4.90 Å². The summed E-state index contributed by atoms with van der Waals surface area (Å²) in [5.41, 5.74) is 1.94. The minimum Gasteiger partial charge on any atom is -0.478 e. The number of nitrogens with zero attached hydrogens (tertiary/aromatic N) is 1. The predicted octanol–water partition coefficient (Wildman–Crippen LogP) is 3.38. The Hall–Kier alpha value is -1.75. The van der Waals surface area contributed by atoms with Crippen LogP contribution in [0.1, 0.15) is 15.9 Å². The van der Waals surface area contributed by atoms with E-state index >= 15 is 0 Å². The van der Waals surface area contributed by atoms with Gasteiger partial charge < -0.3 is 14.4 Å². The smallest absolute Gasteiger partial charge is 0.337 e. The SMILES string of the molecule is CN(Cc1ccoc1)c1cc(Br)ccc1C(=O)O. The second kappa shape index (κ2) is 5.27. The van der Waals surface area contributed by atoms with Crippen molar-refractivity contribution in [2.45, 2.75) is 6.54 Å². The van der Waals surface area contributed by atoms with E-state index in [4.69, 9.17) is 4.42 Å². The molecule has 1 heterocycles. The molecule has 0 saturated heterocycles. The number of hydrogen-bond donors (Lipinski definition) is 1. The Morgan fingerprint density at radius 2 is 2.22 bits per heavy atom. The predicted molar refractivity (Wildman–Crippen MR) is 71.9 cm³/mol. The average molecular weight is 310 g/mol. The highest BCUT2D eigenvalue weighted by atomic mass is 79.9. The van der Waals surface area contributed by atoms with Crippen LogP contribution >= 0.6 is 15.9 Å². The zero-order valence-electron chi connectivity index (χ0n) is 9.76. The Balaban J connectivity index is 2.31. The van der Waals surface area contributed by atoms with Crippen molar-refractivity contribution in [1.82, 2.24) is 0 Å². The van der Waals surface area contributed by atoms with Gasteiger partial charge in [0.05, 0.1) is 23.8 Å². The van der Waals surface area contributed by atoms with Gasteiger partial charge in [0.15, 0.2) is 0 Å².